The number of aryl methyl sites for hydroxylation is 1. The van der Waals surface area contributed by atoms with Crippen LogP contribution in [0.1, 0.15) is 46.2 Å². The topological polar surface area (TPSA) is 84.3 Å². The van der Waals surface area contributed by atoms with Gasteiger partial charge in [0.25, 0.3) is 0 Å². The molecule has 0 saturated heterocycles. The van der Waals surface area contributed by atoms with Crippen LogP contribution in [0.5, 0.6) is 5.75 Å². The van der Waals surface area contributed by atoms with Gasteiger partial charge >= 0.3 is 5.97 Å². The van der Waals surface area contributed by atoms with Crippen LogP contribution in [0.15, 0.2) is 12.1 Å². The Labute approximate surface area is 155 Å². The zero-order chi connectivity index (χ0) is 18.1. The lowest BCUT2D eigenvalue weighted by Gasteiger charge is -2.14. The number of aromatic hydroxyl groups is 1. The van der Waals surface area contributed by atoms with Crippen molar-refractivity contribution in [3.05, 3.63) is 44.8 Å². The van der Waals surface area contributed by atoms with E-state index in [-0.39, 0.29) is 22.4 Å². The summed E-state index contributed by atoms with van der Waals surface area (Å²) in [6.45, 7) is 2.19. The van der Waals surface area contributed by atoms with Crippen LogP contribution in [0.3, 0.4) is 0 Å². The molecule has 2 N–H and O–H groups in total. The number of benzene rings is 1. The quantitative estimate of drug-likeness (QED) is 0.759. The van der Waals surface area contributed by atoms with Crippen molar-refractivity contribution in [2.45, 2.75) is 32.2 Å². The maximum Gasteiger partial charge on any atom is 0.358 e. The highest BCUT2D eigenvalue weighted by atomic mass is 35.5. The molecule has 0 atom stereocenters. The van der Waals surface area contributed by atoms with Gasteiger partial charge in [-0.2, -0.15) is 0 Å². The minimum atomic E-state index is -0.601. The lowest BCUT2D eigenvalue weighted by Crippen LogP contribution is -2.13. The highest BCUT2D eigenvalue weighted by Gasteiger charge is 2.30. The number of rotatable bonds is 5. The summed E-state index contributed by atoms with van der Waals surface area (Å²) in [5, 5.41) is 13.2. The Kier molecular flexibility index (Phi) is 5.01. The summed E-state index contributed by atoms with van der Waals surface area (Å²) in [5.41, 5.74) is 1.69. The lowest BCUT2D eigenvalue weighted by atomic mass is 10.1. The molecule has 132 valence electrons. The van der Waals surface area contributed by atoms with Crippen LogP contribution < -0.4 is 5.32 Å². The number of hydrogen-bond acceptors (Lipinski definition) is 6. The highest BCUT2D eigenvalue weighted by molar-refractivity contribution is 6.35. The Bertz CT molecular complexity index is 815. The van der Waals surface area contributed by atoms with Crippen LogP contribution in [0.4, 0.5) is 5.82 Å². The zero-order valence-electron chi connectivity index (χ0n) is 13.8. The monoisotopic (exact) mass is 381 g/mol. The van der Waals surface area contributed by atoms with Gasteiger partial charge in [-0.25, -0.2) is 14.8 Å². The first-order valence-electron chi connectivity index (χ1n) is 7.78. The average molecular weight is 382 g/mol. The Hall–Kier alpha value is -2.05. The molecule has 8 heteroatoms. The van der Waals surface area contributed by atoms with Gasteiger partial charge in [-0.15, -0.1) is 0 Å². The van der Waals surface area contributed by atoms with Crippen LogP contribution in [0.2, 0.25) is 10.0 Å². The smallest absolute Gasteiger partial charge is 0.358 e. The van der Waals surface area contributed by atoms with Crippen molar-refractivity contribution >= 4 is 35.0 Å². The molecule has 1 aliphatic carbocycles. The standard InChI is InChI=1S/C17H17Cl2N3O3/c1-8-5-10(23)6-12(18)11(8)7-20-16-13(19)14(17(24)25-2)21-15(22-16)9-3-4-9/h5-6,9,23H,3-4,7H2,1-2H3,(H,20,21,22). The van der Waals surface area contributed by atoms with E-state index in [0.717, 1.165) is 24.0 Å². The van der Waals surface area contributed by atoms with Gasteiger partial charge in [0.2, 0.25) is 0 Å². The van der Waals surface area contributed by atoms with Gasteiger partial charge in [0.15, 0.2) is 5.69 Å². The third-order valence-corrected chi connectivity index (χ3v) is 4.72. The van der Waals surface area contributed by atoms with E-state index >= 15 is 0 Å². The molecule has 25 heavy (non-hydrogen) atoms. The molecular weight excluding hydrogens is 365 g/mol. The first-order valence-corrected chi connectivity index (χ1v) is 8.54. The minimum absolute atomic E-state index is 0.0529. The molecule has 1 aromatic heterocycles. The van der Waals surface area contributed by atoms with Crippen molar-refractivity contribution in [1.82, 2.24) is 9.97 Å². The molecular formula is C17H17Cl2N3O3. The largest absolute Gasteiger partial charge is 0.508 e. The third-order valence-electron chi connectivity index (χ3n) is 4.03. The second-order valence-corrected chi connectivity index (χ2v) is 6.72. The van der Waals surface area contributed by atoms with Crippen molar-refractivity contribution < 1.29 is 14.6 Å². The second kappa shape index (κ2) is 7.06. The summed E-state index contributed by atoms with van der Waals surface area (Å²) < 4.78 is 4.75. The normalized spacial score (nSPS) is 13.6. The van der Waals surface area contributed by atoms with Gasteiger partial charge in [-0.1, -0.05) is 23.2 Å². The number of carbonyl (C=O) groups is 1. The van der Waals surface area contributed by atoms with Crippen LogP contribution in [-0.2, 0) is 11.3 Å². The number of nitrogens with zero attached hydrogens (tertiary/aromatic N) is 2. The maximum absolute atomic E-state index is 11.9. The van der Waals surface area contributed by atoms with E-state index in [4.69, 9.17) is 27.9 Å². The first-order chi connectivity index (χ1) is 11.9. The summed E-state index contributed by atoms with van der Waals surface area (Å²) in [5.74, 6) is 0.704. The summed E-state index contributed by atoms with van der Waals surface area (Å²) in [6, 6.07) is 3.10. The molecule has 0 unspecified atom stereocenters. The molecule has 0 bridgehead atoms. The van der Waals surface area contributed by atoms with E-state index in [1.807, 2.05) is 6.92 Å². The number of aromatic nitrogens is 2. The molecule has 0 amide bonds. The van der Waals surface area contributed by atoms with E-state index in [1.165, 1.54) is 13.2 Å². The fraction of sp³-hybridized carbons (Fsp3) is 0.353. The van der Waals surface area contributed by atoms with Gasteiger partial charge in [0.05, 0.1) is 7.11 Å². The van der Waals surface area contributed by atoms with E-state index in [2.05, 4.69) is 15.3 Å². The van der Waals surface area contributed by atoms with Crippen molar-refractivity contribution in [3.8, 4) is 5.75 Å². The number of phenols is 1. The first kappa shape index (κ1) is 17.8. The Balaban J connectivity index is 1.92. The fourth-order valence-corrected chi connectivity index (χ4v) is 3.05. The van der Waals surface area contributed by atoms with Gasteiger partial charge in [0, 0.05) is 17.5 Å². The molecule has 1 heterocycles. The highest BCUT2D eigenvalue weighted by Crippen LogP contribution is 2.40. The van der Waals surface area contributed by atoms with Crippen LogP contribution >= 0.6 is 23.2 Å². The molecule has 1 aromatic carbocycles. The number of hydrogen-bond donors (Lipinski definition) is 2. The Morgan fingerprint density at radius 3 is 2.68 bits per heavy atom. The molecule has 3 rings (SSSR count). The van der Waals surface area contributed by atoms with E-state index in [1.54, 1.807) is 6.07 Å². The van der Waals surface area contributed by atoms with Crippen LogP contribution in [0, 0.1) is 6.92 Å². The molecule has 2 aromatic rings. The van der Waals surface area contributed by atoms with Crippen molar-refractivity contribution in [2.24, 2.45) is 0 Å². The zero-order valence-corrected chi connectivity index (χ0v) is 15.3. The van der Waals surface area contributed by atoms with Crippen molar-refractivity contribution in [1.29, 1.82) is 0 Å². The van der Waals surface area contributed by atoms with E-state index < -0.39 is 5.97 Å². The molecule has 1 aliphatic rings. The van der Waals surface area contributed by atoms with Crippen LogP contribution in [0.25, 0.3) is 0 Å². The Morgan fingerprint density at radius 1 is 1.36 bits per heavy atom. The van der Waals surface area contributed by atoms with E-state index in [0.29, 0.717) is 23.2 Å². The third kappa shape index (κ3) is 3.80. The minimum Gasteiger partial charge on any atom is -0.508 e. The Morgan fingerprint density at radius 2 is 2.08 bits per heavy atom. The lowest BCUT2D eigenvalue weighted by molar-refractivity contribution is 0.0593. The molecule has 6 nitrogen and oxygen atoms in total. The van der Waals surface area contributed by atoms with Crippen molar-refractivity contribution in [2.75, 3.05) is 12.4 Å². The summed E-state index contributed by atoms with van der Waals surface area (Å²) in [6.07, 6.45) is 1.98. The maximum atomic E-state index is 11.9. The van der Waals surface area contributed by atoms with Crippen LogP contribution in [-0.4, -0.2) is 28.2 Å². The van der Waals surface area contributed by atoms with Gasteiger partial charge in [-0.3, -0.25) is 0 Å². The number of esters is 1. The molecule has 1 saturated carbocycles. The molecule has 1 fully saturated rings. The number of phenolic OH excluding ortho intramolecular Hbond substituents is 1. The number of carbonyl (C=O) groups excluding carboxylic acids is 1. The van der Waals surface area contributed by atoms with Gasteiger partial charge < -0.3 is 15.2 Å². The number of anilines is 1. The summed E-state index contributed by atoms with van der Waals surface area (Å²) in [7, 11) is 1.28. The predicted octanol–water partition coefficient (Wildman–Crippen LogP) is 4.07. The van der Waals surface area contributed by atoms with E-state index in [9.17, 15) is 9.90 Å². The summed E-state index contributed by atoms with van der Waals surface area (Å²) in [4.78, 5) is 20.6. The molecule has 0 spiro atoms. The summed E-state index contributed by atoms with van der Waals surface area (Å²) >= 11 is 12.5. The van der Waals surface area contributed by atoms with Gasteiger partial charge in [0.1, 0.15) is 22.4 Å². The SMILES string of the molecule is COC(=O)c1nc(C2CC2)nc(NCc2c(C)cc(O)cc2Cl)c1Cl. The predicted molar refractivity (Wildman–Crippen MR) is 95.5 cm³/mol. The average Bonchev–Trinajstić information content (AvgIpc) is 3.39. The number of halogens is 2. The number of ether oxygens (including phenoxy) is 1. The second-order valence-electron chi connectivity index (χ2n) is 5.94. The molecule has 0 radical (unpaired) electrons. The number of nitrogens with one attached hydrogen (secondary N) is 1. The molecule has 0 aliphatic heterocycles. The van der Waals surface area contributed by atoms with Crippen molar-refractivity contribution in [3.63, 3.8) is 0 Å². The number of methoxy groups -OCH3 is 1. The van der Waals surface area contributed by atoms with Gasteiger partial charge in [-0.05, 0) is 43.0 Å². The fourth-order valence-electron chi connectivity index (χ4n) is 2.49.